The molecule has 0 radical (unpaired) electrons. The minimum absolute atomic E-state index is 0.0235. The highest BCUT2D eigenvalue weighted by molar-refractivity contribution is 5.92. The van der Waals surface area contributed by atoms with Gasteiger partial charge in [0.25, 0.3) is 0 Å². The third-order valence-electron chi connectivity index (χ3n) is 5.48. The molecule has 0 spiro atoms. The molecule has 0 saturated carbocycles. The van der Waals surface area contributed by atoms with Crippen LogP contribution in [-0.4, -0.2) is 41.8 Å². The molecule has 0 atom stereocenters. The Morgan fingerprint density at radius 1 is 1.21 bits per heavy atom. The maximum atomic E-state index is 14.4. The average molecular weight is 401 g/mol. The number of aromatic nitrogens is 1. The Labute approximate surface area is 169 Å². The lowest BCUT2D eigenvalue weighted by Gasteiger charge is -2.40. The van der Waals surface area contributed by atoms with Crippen molar-refractivity contribution in [3.63, 3.8) is 0 Å². The van der Waals surface area contributed by atoms with E-state index in [2.05, 4.69) is 4.98 Å². The summed E-state index contributed by atoms with van der Waals surface area (Å²) in [4.78, 5) is 31.0. The number of halogens is 2. The SMILES string of the molecule is CCC(=O)N(C)c1ccc(C2CN(C(=O)CCc3ccc(F)nc3C)C2)cc1F. The molecule has 1 aliphatic heterocycles. The second-order valence-electron chi connectivity index (χ2n) is 7.39. The van der Waals surface area contributed by atoms with Crippen molar-refractivity contribution in [3.8, 4) is 0 Å². The number of likely N-dealkylation sites (tertiary alicyclic amines) is 1. The number of pyridine rings is 1. The van der Waals surface area contributed by atoms with Crippen LogP contribution in [0.25, 0.3) is 0 Å². The van der Waals surface area contributed by atoms with Gasteiger partial charge in [0.1, 0.15) is 5.82 Å². The summed E-state index contributed by atoms with van der Waals surface area (Å²) >= 11 is 0. The molecule has 3 rings (SSSR count). The first-order valence-electron chi connectivity index (χ1n) is 9.76. The Kier molecular flexibility index (Phi) is 6.25. The van der Waals surface area contributed by atoms with E-state index in [4.69, 9.17) is 0 Å². The molecule has 7 heteroatoms. The summed E-state index contributed by atoms with van der Waals surface area (Å²) in [6, 6.07) is 7.85. The fourth-order valence-corrected chi connectivity index (χ4v) is 3.54. The largest absolute Gasteiger partial charge is 0.341 e. The number of amides is 2. The van der Waals surface area contributed by atoms with E-state index in [1.54, 1.807) is 37.9 Å². The van der Waals surface area contributed by atoms with Crippen molar-refractivity contribution >= 4 is 17.5 Å². The molecule has 154 valence electrons. The van der Waals surface area contributed by atoms with Crippen LogP contribution in [0.3, 0.4) is 0 Å². The highest BCUT2D eigenvalue weighted by atomic mass is 19.1. The topological polar surface area (TPSA) is 53.5 Å². The van der Waals surface area contributed by atoms with Gasteiger partial charge in [-0.25, -0.2) is 9.37 Å². The molecule has 0 unspecified atom stereocenters. The maximum Gasteiger partial charge on any atom is 0.226 e. The van der Waals surface area contributed by atoms with Gasteiger partial charge in [0.05, 0.1) is 5.69 Å². The lowest BCUT2D eigenvalue weighted by atomic mass is 9.90. The highest BCUT2D eigenvalue weighted by Gasteiger charge is 2.32. The van der Waals surface area contributed by atoms with Gasteiger partial charge in [0.15, 0.2) is 0 Å². The Balaban J connectivity index is 1.54. The minimum Gasteiger partial charge on any atom is -0.341 e. The summed E-state index contributed by atoms with van der Waals surface area (Å²) in [7, 11) is 1.56. The van der Waals surface area contributed by atoms with Crippen LogP contribution in [0.4, 0.5) is 14.5 Å². The molecule has 2 heterocycles. The second-order valence-corrected chi connectivity index (χ2v) is 7.39. The molecule has 5 nitrogen and oxygen atoms in total. The van der Waals surface area contributed by atoms with Gasteiger partial charge in [-0.05, 0) is 42.7 Å². The molecule has 1 fully saturated rings. The fourth-order valence-electron chi connectivity index (χ4n) is 3.54. The van der Waals surface area contributed by atoms with E-state index in [0.29, 0.717) is 38.0 Å². The number of hydrogen-bond donors (Lipinski definition) is 0. The molecule has 2 amide bonds. The van der Waals surface area contributed by atoms with E-state index in [1.807, 2.05) is 6.07 Å². The molecule has 0 N–H and O–H groups in total. The number of carbonyl (C=O) groups is 2. The summed E-state index contributed by atoms with van der Waals surface area (Å²) < 4.78 is 27.5. The Bertz CT molecular complexity index is 926. The van der Waals surface area contributed by atoms with Gasteiger partial charge in [0, 0.05) is 44.6 Å². The van der Waals surface area contributed by atoms with Crippen molar-refractivity contribution in [2.75, 3.05) is 25.0 Å². The number of anilines is 1. The van der Waals surface area contributed by atoms with E-state index in [9.17, 15) is 18.4 Å². The third kappa shape index (κ3) is 4.60. The van der Waals surface area contributed by atoms with Gasteiger partial charge in [0.2, 0.25) is 17.8 Å². The predicted octanol–water partition coefficient (Wildman–Crippen LogP) is 3.60. The number of carbonyl (C=O) groups excluding carboxylic acids is 2. The van der Waals surface area contributed by atoms with E-state index in [1.165, 1.54) is 17.0 Å². The average Bonchev–Trinajstić information content (AvgIpc) is 2.65. The van der Waals surface area contributed by atoms with Gasteiger partial charge in [-0.3, -0.25) is 9.59 Å². The van der Waals surface area contributed by atoms with Crippen LogP contribution in [0.2, 0.25) is 0 Å². The van der Waals surface area contributed by atoms with Crippen LogP contribution < -0.4 is 4.90 Å². The molecule has 1 aromatic carbocycles. The zero-order valence-electron chi connectivity index (χ0n) is 16.9. The molecule has 1 saturated heterocycles. The van der Waals surface area contributed by atoms with Crippen molar-refractivity contribution in [2.24, 2.45) is 0 Å². The fraction of sp³-hybridized carbons (Fsp3) is 0.409. The molecule has 2 aromatic rings. The Hall–Kier alpha value is -2.83. The first-order chi connectivity index (χ1) is 13.8. The van der Waals surface area contributed by atoms with E-state index in [0.717, 1.165) is 11.1 Å². The van der Waals surface area contributed by atoms with Crippen molar-refractivity contribution in [1.82, 2.24) is 9.88 Å². The number of hydrogen-bond acceptors (Lipinski definition) is 3. The van der Waals surface area contributed by atoms with Crippen LogP contribution in [0.1, 0.15) is 42.5 Å². The monoisotopic (exact) mass is 401 g/mol. The van der Waals surface area contributed by atoms with Crippen molar-refractivity contribution in [3.05, 3.63) is 58.9 Å². The van der Waals surface area contributed by atoms with Crippen molar-refractivity contribution in [2.45, 2.75) is 39.0 Å². The van der Waals surface area contributed by atoms with Gasteiger partial charge >= 0.3 is 0 Å². The first-order valence-corrected chi connectivity index (χ1v) is 9.76. The van der Waals surface area contributed by atoms with Crippen LogP contribution >= 0.6 is 0 Å². The lowest BCUT2D eigenvalue weighted by Crippen LogP contribution is -2.48. The quantitative estimate of drug-likeness (QED) is 0.695. The molecular weight excluding hydrogens is 376 g/mol. The molecule has 0 bridgehead atoms. The third-order valence-corrected chi connectivity index (χ3v) is 5.48. The zero-order valence-corrected chi connectivity index (χ0v) is 16.9. The molecular formula is C22H25F2N3O2. The van der Waals surface area contributed by atoms with Gasteiger partial charge in [-0.1, -0.05) is 19.1 Å². The van der Waals surface area contributed by atoms with E-state index in [-0.39, 0.29) is 23.4 Å². The summed E-state index contributed by atoms with van der Waals surface area (Å²) in [6.07, 6.45) is 1.16. The molecule has 29 heavy (non-hydrogen) atoms. The second kappa shape index (κ2) is 8.68. The van der Waals surface area contributed by atoms with Gasteiger partial charge in [-0.15, -0.1) is 0 Å². The maximum absolute atomic E-state index is 14.4. The van der Waals surface area contributed by atoms with Crippen molar-refractivity contribution in [1.29, 1.82) is 0 Å². The standard InChI is InChI=1S/C22H25F2N3O2/c1-4-21(28)26(3)19-8-5-16(11-18(19)23)17-12-27(13-17)22(29)10-7-15-6-9-20(24)25-14(15)2/h5-6,8-9,11,17H,4,7,10,12-13H2,1-3H3. The zero-order chi connectivity index (χ0) is 21.1. The number of benzene rings is 1. The Morgan fingerprint density at radius 2 is 1.93 bits per heavy atom. The van der Waals surface area contributed by atoms with Crippen molar-refractivity contribution < 1.29 is 18.4 Å². The van der Waals surface area contributed by atoms with Gasteiger partial charge < -0.3 is 9.80 Å². The minimum atomic E-state index is -0.522. The first kappa shape index (κ1) is 20.9. The number of aryl methyl sites for hydroxylation is 2. The number of rotatable bonds is 6. The highest BCUT2D eigenvalue weighted by Crippen LogP contribution is 2.31. The van der Waals surface area contributed by atoms with E-state index < -0.39 is 11.8 Å². The molecule has 1 aliphatic rings. The molecule has 0 aliphatic carbocycles. The lowest BCUT2D eigenvalue weighted by molar-refractivity contribution is -0.135. The van der Waals surface area contributed by atoms with E-state index >= 15 is 0 Å². The summed E-state index contributed by atoms with van der Waals surface area (Å²) in [5.41, 5.74) is 2.55. The van der Waals surface area contributed by atoms with Crippen LogP contribution in [0, 0.1) is 18.7 Å². The molecule has 1 aromatic heterocycles. The summed E-state index contributed by atoms with van der Waals surface area (Å²) in [5, 5.41) is 0. The van der Waals surface area contributed by atoms with Gasteiger partial charge in [-0.2, -0.15) is 4.39 Å². The Morgan fingerprint density at radius 3 is 2.55 bits per heavy atom. The van der Waals surface area contributed by atoms with Crippen LogP contribution in [-0.2, 0) is 16.0 Å². The smallest absolute Gasteiger partial charge is 0.226 e. The summed E-state index contributed by atoms with van der Waals surface area (Å²) in [6.45, 7) is 4.55. The summed E-state index contributed by atoms with van der Waals surface area (Å²) in [5.74, 6) is -0.995. The normalized spacial score (nSPS) is 13.9. The predicted molar refractivity (Wildman–Crippen MR) is 107 cm³/mol. The van der Waals surface area contributed by atoms with Crippen LogP contribution in [0.5, 0.6) is 0 Å². The van der Waals surface area contributed by atoms with Crippen LogP contribution in [0.15, 0.2) is 30.3 Å². The number of nitrogens with zero attached hydrogens (tertiary/aromatic N) is 3.